The first kappa shape index (κ1) is 21.9. The van der Waals surface area contributed by atoms with E-state index in [0.29, 0.717) is 6.61 Å². The first-order chi connectivity index (χ1) is 13.3. The number of benzene rings is 2. The van der Waals surface area contributed by atoms with Gasteiger partial charge in [-0.25, -0.2) is 0 Å². The molecular weight excluding hydrogens is 404 g/mol. The van der Waals surface area contributed by atoms with Crippen LogP contribution in [0.2, 0.25) is 0 Å². The minimum Gasteiger partial charge on any atom is -0.494 e. The SMILES string of the molecule is CCCCCCCCOc1ccc2c(OC)c(OCCCCBr)ccc2c1. The number of rotatable bonds is 14. The Labute approximate surface area is 172 Å². The summed E-state index contributed by atoms with van der Waals surface area (Å²) < 4.78 is 17.5. The van der Waals surface area contributed by atoms with Crippen molar-refractivity contribution in [2.45, 2.75) is 58.3 Å². The number of fused-ring (bicyclic) bond motifs is 1. The lowest BCUT2D eigenvalue weighted by atomic mass is 10.1. The summed E-state index contributed by atoms with van der Waals surface area (Å²) in [5.74, 6) is 2.53. The maximum atomic E-state index is 5.94. The van der Waals surface area contributed by atoms with Gasteiger partial charge in [0, 0.05) is 10.7 Å². The Morgan fingerprint density at radius 2 is 1.56 bits per heavy atom. The van der Waals surface area contributed by atoms with Crippen molar-refractivity contribution in [1.29, 1.82) is 0 Å². The molecule has 0 fully saturated rings. The fourth-order valence-electron chi connectivity index (χ4n) is 3.12. The van der Waals surface area contributed by atoms with Crippen LogP contribution in [0.15, 0.2) is 30.3 Å². The van der Waals surface area contributed by atoms with E-state index in [0.717, 1.165) is 59.2 Å². The van der Waals surface area contributed by atoms with E-state index in [9.17, 15) is 0 Å². The number of ether oxygens (including phenoxy) is 3. The average molecular weight is 437 g/mol. The predicted molar refractivity (Wildman–Crippen MR) is 118 cm³/mol. The van der Waals surface area contributed by atoms with Crippen LogP contribution in [0, 0.1) is 0 Å². The van der Waals surface area contributed by atoms with Gasteiger partial charge in [-0.3, -0.25) is 0 Å². The zero-order valence-corrected chi connectivity index (χ0v) is 18.4. The molecular formula is C23H33BrO3. The lowest BCUT2D eigenvalue weighted by molar-refractivity contribution is 0.290. The quantitative estimate of drug-likeness (QED) is 0.232. The molecule has 0 unspecified atom stereocenters. The fourth-order valence-corrected chi connectivity index (χ4v) is 3.52. The molecule has 0 saturated heterocycles. The third-order valence-corrected chi connectivity index (χ3v) is 5.22. The Bertz CT molecular complexity index is 672. The van der Waals surface area contributed by atoms with E-state index in [4.69, 9.17) is 14.2 Å². The molecule has 2 aromatic carbocycles. The summed E-state index contributed by atoms with van der Waals surface area (Å²) in [6, 6.07) is 10.2. The molecule has 0 aromatic heterocycles. The highest BCUT2D eigenvalue weighted by Crippen LogP contribution is 2.37. The average Bonchev–Trinajstić information content (AvgIpc) is 2.70. The van der Waals surface area contributed by atoms with Gasteiger partial charge in [0.05, 0.1) is 20.3 Å². The van der Waals surface area contributed by atoms with Gasteiger partial charge in [0.1, 0.15) is 5.75 Å². The van der Waals surface area contributed by atoms with E-state index in [1.54, 1.807) is 7.11 Å². The lowest BCUT2D eigenvalue weighted by Gasteiger charge is -2.14. The summed E-state index contributed by atoms with van der Waals surface area (Å²) in [6.07, 6.45) is 9.78. The molecule has 0 bridgehead atoms. The highest BCUT2D eigenvalue weighted by molar-refractivity contribution is 9.09. The van der Waals surface area contributed by atoms with Gasteiger partial charge in [-0.2, -0.15) is 0 Å². The van der Waals surface area contributed by atoms with Crippen LogP contribution in [0.4, 0.5) is 0 Å². The molecule has 0 radical (unpaired) electrons. The number of unbranched alkanes of at least 4 members (excludes halogenated alkanes) is 6. The molecule has 0 aliphatic heterocycles. The molecule has 0 aliphatic carbocycles. The molecule has 0 atom stereocenters. The summed E-state index contributed by atoms with van der Waals surface area (Å²) in [4.78, 5) is 0. The number of hydrogen-bond acceptors (Lipinski definition) is 3. The van der Waals surface area contributed by atoms with Gasteiger partial charge >= 0.3 is 0 Å². The first-order valence-electron chi connectivity index (χ1n) is 10.2. The Morgan fingerprint density at radius 3 is 2.33 bits per heavy atom. The predicted octanol–water partition coefficient (Wildman–Crippen LogP) is 7.14. The summed E-state index contributed by atoms with van der Waals surface area (Å²) in [5.41, 5.74) is 0. The Morgan fingerprint density at radius 1 is 0.815 bits per heavy atom. The van der Waals surface area contributed by atoms with Crippen molar-refractivity contribution in [3.63, 3.8) is 0 Å². The summed E-state index contributed by atoms with van der Waals surface area (Å²) in [7, 11) is 1.70. The second-order valence-corrected chi connectivity index (χ2v) is 7.63. The monoisotopic (exact) mass is 436 g/mol. The fraction of sp³-hybridized carbons (Fsp3) is 0.565. The van der Waals surface area contributed by atoms with E-state index in [-0.39, 0.29) is 0 Å². The maximum absolute atomic E-state index is 5.94. The zero-order chi connectivity index (χ0) is 19.3. The van der Waals surface area contributed by atoms with E-state index >= 15 is 0 Å². The maximum Gasteiger partial charge on any atom is 0.168 e. The molecule has 27 heavy (non-hydrogen) atoms. The molecule has 0 aliphatic rings. The standard InChI is InChI=1S/C23H33BrO3/c1-3-4-5-6-7-9-16-26-20-12-13-21-19(18-20)11-14-22(23(21)25-2)27-17-10-8-15-24/h11-14,18H,3-10,15-17H2,1-2H3. The van der Waals surface area contributed by atoms with E-state index < -0.39 is 0 Å². The minimum atomic E-state index is 0.701. The van der Waals surface area contributed by atoms with E-state index in [2.05, 4.69) is 41.1 Å². The van der Waals surface area contributed by atoms with Gasteiger partial charge < -0.3 is 14.2 Å². The third kappa shape index (κ3) is 7.25. The van der Waals surface area contributed by atoms with Crippen LogP contribution in [0.25, 0.3) is 10.8 Å². The second kappa shape index (κ2) is 12.9. The van der Waals surface area contributed by atoms with Crippen molar-refractivity contribution in [2.75, 3.05) is 25.7 Å². The van der Waals surface area contributed by atoms with Crippen LogP contribution < -0.4 is 14.2 Å². The molecule has 0 amide bonds. The smallest absolute Gasteiger partial charge is 0.168 e. The van der Waals surface area contributed by atoms with Crippen LogP contribution in [-0.4, -0.2) is 25.7 Å². The molecule has 0 spiro atoms. The molecule has 2 aromatic rings. The van der Waals surface area contributed by atoms with Crippen LogP contribution >= 0.6 is 15.9 Å². The van der Waals surface area contributed by atoms with Crippen molar-refractivity contribution in [3.8, 4) is 17.2 Å². The Hall–Kier alpha value is -1.42. The molecule has 2 rings (SSSR count). The Balaban J connectivity index is 1.92. The minimum absolute atomic E-state index is 0.701. The summed E-state index contributed by atoms with van der Waals surface area (Å²) in [5, 5.41) is 3.18. The molecule has 0 heterocycles. The molecule has 150 valence electrons. The van der Waals surface area contributed by atoms with Gasteiger partial charge in [-0.05, 0) is 48.9 Å². The normalized spacial score (nSPS) is 10.9. The number of halogens is 1. The van der Waals surface area contributed by atoms with Gasteiger partial charge in [0.15, 0.2) is 11.5 Å². The van der Waals surface area contributed by atoms with Crippen LogP contribution in [0.5, 0.6) is 17.2 Å². The van der Waals surface area contributed by atoms with Crippen LogP contribution in [-0.2, 0) is 0 Å². The second-order valence-electron chi connectivity index (χ2n) is 6.84. The molecule has 4 heteroatoms. The summed E-state index contributed by atoms with van der Waals surface area (Å²) in [6.45, 7) is 3.73. The van der Waals surface area contributed by atoms with Gasteiger partial charge in [0.2, 0.25) is 0 Å². The van der Waals surface area contributed by atoms with Crippen LogP contribution in [0.3, 0.4) is 0 Å². The largest absolute Gasteiger partial charge is 0.494 e. The highest BCUT2D eigenvalue weighted by atomic mass is 79.9. The van der Waals surface area contributed by atoms with Gasteiger partial charge in [0.25, 0.3) is 0 Å². The number of hydrogen-bond donors (Lipinski definition) is 0. The van der Waals surface area contributed by atoms with Gasteiger partial charge in [-0.1, -0.05) is 61.0 Å². The van der Waals surface area contributed by atoms with E-state index in [1.165, 1.54) is 32.1 Å². The van der Waals surface area contributed by atoms with Crippen molar-refractivity contribution >= 4 is 26.7 Å². The first-order valence-corrected chi connectivity index (χ1v) is 11.3. The molecule has 0 N–H and O–H groups in total. The van der Waals surface area contributed by atoms with Crippen molar-refractivity contribution in [1.82, 2.24) is 0 Å². The lowest BCUT2D eigenvalue weighted by Crippen LogP contribution is -2.00. The van der Waals surface area contributed by atoms with Gasteiger partial charge in [-0.15, -0.1) is 0 Å². The topological polar surface area (TPSA) is 27.7 Å². The molecule has 0 saturated carbocycles. The van der Waals surface area contributed by atoms with Crippen LogP contribution in [0.1, 0.15) is 58.3 Å². The number of alkyl halides is 1. The van der Waals surface area contributed by atoms with Crippen molar-refractivity contribution in [2.24, 2.45) is 0 Å². The van der Waals surface area contributed by atoms with E-state index in [1.807, 2.05) is 12.1 Å². The Kier molecular flexibility index (Phi) is 10.4. The summed E-state index contributed by atoms with van der Waals surface area (Å²) >= 11 is 3.45. The number of methoxy groups -OCH3 is 1. The highest BCUT2D eigenvalue weighted by Gasteiger charge is 2.10. The third-order valence-electron chi connectivity index (χ3n) is 4.66. The van der Waals surface area contributed by atoms with Crippen molar-refractivity contribution < 1.29 is 14.2 Å². The molecule has 3 nitrogen and oxygen atoms in total. The van der Waals surface area contributed by atoms with Crippen molar-refractivity contribution in [3.05, 3.63) is 30.3 Å². The zero-order valence-electron chi connectivity index (χ0n) is 16.8.